The number of rotatable bonds is 4. The van der Waals surface area contributed by atoms with E-state index in [9.17, 15) is 9.59 Å². The molecule has 2 aliphatic heterocycles. The summed E-state index contributed by atoms with van der Waals surface area (Å²) in [5, 5.41) is 19.8. The maximum Gasteiger partial charge on any atom is 0.337 e. The number of fused-ring (bicyclic) bond motifs is 1. The van der Waals surface area contributed by atoms with Gasteiger partial charge in [-0.1, -0.05) is 0 Å². The minimum absolute atomic E-state index is 0.111. The molecule has 4 heterocycles. The highest BCUT2D eigenvalue weighted by molar-refractivity contribution is 7.99. The van der Waals surface area contributed by atoms with Crippen molar-refractivity contribution in [1.29, 1.82) is 0 Å². The minimum Gasteiger partial charge on any atom is -0.478 e. The van der Waals surface area contributed by atoms with E-state index in [2.05, 4.69) is 42.7 Å². The van der Waals surface area contributed by atoms with E-state index in [0.717, 1.165) is 26.2 Å². The van der Waals surface area contributed by atoms with Crippen molar-refractivity contribution in [1.82, 2.24) is 24.8 Å². The summed E-state index contributed by atoms with van der Waals surface area (Å²) in [7, 11) is 1.66. The number of nitrogens with one attached hydrogen (secondary N) is 3. The van der Waals surface area contributed by atoms with Crippen molar-refractivity contribution >= 4 is 29.2 Å². The molecule has 11 heteroatoms. The number of hydrogen-bond donors (Lipinski definition) is 4. The molecule has 0 aromatic carbocycles. The van der Waals surface area contributed by atoms with Crippen molar-refractivity contribution in [2.45, 2.75) is 30.3 Å². The summed E-state index contributed by atoms with van der Waals surface area (Å²) in [6.45, 7) is 7.20. The Morgan fingerprint density at radius 1 is 1.23 bits per heavy atom. The standard InChI is InChI=1S/C16H19N7O3S.C4H6/c1-22-13(24)11-12(20-15(19-11)23-6-4-17-5-7-23)21-16(22)27-10-3-2-9(8-18-10)14(25)26;1-3-4-2/h2-3,8,15,17,19-20H,4-7H2,1H3,(H,25,26);1-2H3. The monoisotopic (exact) mass is 443 g/mol. The fourth-order valence-corrected chi connectivity index (χ4v) is 3.78. The minimum atomic E-state index is -1.03. The topological polar surface area (TPSA) is 124 Å². The third-order valence-corrected chi connectivity index (χ3v) is 5.75. The molecule has 0 amide bonds. The van der Waals surface area contributed by atoms with Gasteiger partial charge in [0.25, 0.3) is 5.56 Å². The molecule has 10 nitrogen and oxygen atoms in total. The molecule has 4 rings (SSSR count). The van der Waals surface area contributed by atoms with Crippen molar-refractivity contribution in [2.24, 2.45) is 7.05 Å². The van der Waals surface area contributed by atoms with Gasteiger partial charge in [-0.15, -0.1) is 11.8 Å². The first-order chi connectivity index (χ1) is 14.9. The van der Waals surface area contributed by atoms with Crippen LogP contribution < -0.4 is 21.5 Å². The molecule has 2 aromatic rings. The van der Waals surface area contributed by atoms with Gasteiger partial charge in [-0.2, -0.15) is 0 Å². The van der Waals surface area contributed by atoms with E-state index in [4.69, 9.17) is 5.11 Å². The molecule has 2 aromatic heterocycles. The van der Waals surface area contributed by atoms with E-state index in [1.165, 1.54) is 28.6 Å². The fourth-order valence-electron chi connectivity index (χ4n) is 2.99. The molecule has 0 radical (unpaired) electrons. The van der Waals surface area contributed by atoms with Crippen LogP contribution in [0.3, 0.4) is 0 Å². The van der Waals surface area contributed by atoms with Crippen molar-refractivity contribution in [3.63, 3.8) is 0 Å². The lowest BCUT2D eigenvalue weighted by Gasteiger charge is -2.32. The SMILES string of the molecule is CC#CC.Cn1c(Sc2ccc(C(=O)O)cn2)nc2c(c1=O)NC(N1CCNCC1)N2. The van der Waals surface area contributed by atoms with Crippen LogP contribution in [0.25, 0.3) is 0 Å². The Hall–Kier alpha value is -3.07. The zero-order chi connectivity index (χ0) is 22.4. The third-order valence-electron chi connectivity index (χ3n) is 4.75. The highest BCUT2D eigenvalue weighted by atomic mass is 32.2. The summed E-state index contributed by atoms with van der Waals surface area (Å²) < 4.78 is 1.46. The Labute approximate surface area is 184 Å². The molecule has 1 unspecified atom stereocenters. The van der Waals surface area contributed by atoms with E-state index in [1.807, 2.05) is 13.8 Å². The van der Waals surface area contributed by atoms with Gasteiger partial charge in [-0.3, -0.25) is 14.3 Å². The van der Waals surface area contributed by atoms with Crippen molar-refractivity contribution in [3.05, 3.63) is 34.2 Å². The van der Waals surface area contributed by atoms with Crippen LogP contribution >= 0.6 is 11.8 Å². The van der Waals surface area contributed by atoms with Gasteiger partial charge in [0.2, 0.25) is 0 Å². The molecule has 0 saturated carbocycles. The number of nitrogens with zero attached hydrogens (tertiary/aromatic N) is 4. The lowest BCUT2D eigenvalue weighted by atomic mass is 10.3. The Morgan fingerprint density at radius 2 is 1.94 bits per heavy atom. The van der Waals surface area contributed by atoms with Crippen LogP contribution in [0.4, 0.5) is 11.5 Å². The Bertz CT molecular complexity index is 1050. The van der Waals surface area contributed by atoms with Gasteiger partial charge in [-0.25, -0.2) is 14.8 Å². The number of pyridine rings is 1. The molecule has 1 saturated heterocycles. The summed E-state index contributed by atoms with van der Waals surface area (Å²) >= 11 is 1.21. The molecule has 2 aliphatic rings. The van der Waals surface area contributed by atoms with E-state index in [-0.39, 0.29) is 17.4 Å². The van der Waals surface area contributed by atoms with Crippen LogP contribution in [0.15, 0.2) is 33.3 Å². The van der Waals surface area contributed by atoms with E-state index >= 15 is 0 Å². The first kappa shape index (κ1) is 22.6. The second-order valence-electron chi connectivity index (χ2n) is 6.75. The first-order valence-electron chi connectivity index (χ1n) is 9.74. The second-order valence-corrected chi connectivity index (χ2v) is 7.74. The van der Waals surface area contributed by atoms with Gasteiger partial charge in [-0.05, 0) is 37.7 Å². The normalized spacial score (nSPS) is 17.2. The van der Waals surface area contributed by atoms with Gasteiger partial charge in [0.15, 0.2) is 17.3 Å². The molecule has 164 valence electrons. The molecule has 4 N–H and O–H groups in total. The van der Waals surface area contributed by atoms with E-state index in [0.29, 0.717) is 21.7 Å². The quantitative estimate of drug-likeness (QED) is 0.403. The zero-order valence-corrected chi connectivity index (χ0v) is 18.4. The molecule has 1 fully saturated rings. The van der Waals surface area contributed by atoms with Crippen LogP contribution in [-0.2, 0) is 7.05 Å². The van der Waals surface area contributed by atoms with Crippen molar-refractivity contribution in [2.75, 3.05) is 36.8 Å². The van der Waals surface area contributed by atoms with Gasteiger partial charge in [0, 0.05) is 39.4 Å². The highest BCUT2D eigenvalue weighted by Crippen LogP contribution is 2.30. The number of carboxylic acid groups (broad SMARTS) is 1. The van der Waals surface area contributed by atoms with Crippen LogP contribution in [0.5, 0.6) is 0 Å². The predicted octanol–water partition coefficient (Wildman–Crippen LogP) is 1.08. The van der Waals surface area contributed by atoms with Crippen LogP contribution in [0, 0.1) is 11.8 Å². The number of aromatic nitrogens is 3. The third kappa shape index (κ3) is 5.35. The van der Waals surface area contributed by atoms with Gasteiger partial charge >= 0.3 is 5.97 Å². The lowest BCUT2D eigenvalue weighted by molar-refractivity contribution is 0.0696. The number of hydrogen-bond acceptors (Lipinski definition) is 9. The van der Waals surface area contributed by atoms with Gasteiger partial charge < -0.3 is 21.1 Å². The summed E-state index contributed by atoms with van der Waals surface area (Å²) in [5.41, 5.74) is 0.397. The highest BCUT2D eigenvalue weighted by Gasteiger charge is 2.30. The van der Waals surface area contributed by atoms with Gasteiger partial charge in [0.1, 0.15) is 10.7 Å². The predicted molar refractivity (Wildman–Crippen MR) is 119 cm³/mol. The van der Waals surface area contributed by atoms with Crippen molar-refractivity contribution < 1.29 is 9.90 Å². The maximum atomic E-state index is 12.7. The Morgan fingerprint density at radius 3 is 2.52 bits per heavy atom. The van der Waals surface area contributed by atoms with E-state index in [1.54, 1.807) is 13.1 Å². The second kappa shape index (κ2) is 10.3. The van der Waals surface area contributed by atoms with Crippen LogP contribution in [-0.4, -0.2) is 63.0 Å². The lowest BCUT2D eigenvalue weighted by Crippen LogP contribution is -2.52. The average molecular weight is 444 g/mol. The smallest absolute Gasteiger partial charge is 0.337 e. The van der Waals surface area contributed by atoms with Crippen molar-refractivity contribution in [3.8, 4) is 11.8 Å². The molecule has 0 aliphatic carbocycles. The molecule has 1 atom stereocenters. The average Bonchev–Trinajstić information content (AvgIpc) is 3.23. The van der Waals surface area contributed by atoms with Crippen LogP contribution in [0.2, 0.25) is 0 Å². The van der Waals surface area contributed by atoms with E-state index < -0.39 is 5.97 Å². The molecule has 31 heavy (non-hydrogen) atoms. The number of anilines is 2. The number of carbonyl (C=O) groups is 1. The number of carboxylic acids is 1. The number of piperazine rings is 1. The summed E-state index contributed by atoms with van der Waals surface area (Å²) in [6.07, 6.45) is 1.13. The van der Waals surface area contributed by atoms with Crippen LogP contribution in [0.1, 0.15) is 24.2 Å². The summed E-state index contributed by atoms with van der Waals surface area (Å²) in [4.78, 5) is 34.6. The largest absolute Gasteiger partial charge is 0.478 e. The first-order valence-corrected chi connectivity index (χ1v) is 10.6. The fraction of sp³-hybridized carbons (Fsp3) is 0.400. The molecule has 0 spiro atoms. The zero-order valence-electron chi connectivity index (χ0n) is 17.6. The molecular weight excluding hydrogens is 418 g/mol. The summed E-state index contributed by atoms with van der Waals surface area (Å²) in [5.74, 6) is 4.85. The Balaban J connectivity index is 0.000000628. The maximum absolute atomic E-state index is 12.7. The molecule has 0 bridgehead atoms. The Kier molecular flexibility index (Phi) is 7.51. The molecular formula is C20H25N7O3S. The summed E-state index contributed by atoms with van der Waals surface area (Å²) in [6, 6.07) is 3.08. The number of aromatic carboxylic acids is 1. The van der Waals surface area contributed by atoms with Gasteiger partial charge in [0.05, 0.1) is 5.56 Å².